The van der Waals surface area contributed by atoms with Gasteiger partial charge in [0.1, 0.15) is 0 Å². The van der Waals surface area contributed by atoms with Gasteiger partial charge in [0.2, 0.25) is 0 Å². The third kappa shape index (κ3) is 4.33. The molecular weight excluding hydrogens is 122 g/mol. The predicted molar refractivity (Wildman–Crippen MR) is 47.1 cm³/mol. The van der Waals surface area contributed by atoms with Crippen LogP contribution in [0.15, 0.2) is 23.8 Å². The third-order valence-corrected chi connectivity index (χ3v) is 1.42. The SMILES string of the molecule is C/C=C\C(=C/C)CCNC. The molecule has 0 rings (SSSR count). The van der Waals surface area contributed by atoms with Gasteiger partial charge in [-0.05, 0) is 33.9 Å². The molecule has 0 fully saturated rings. The smallest absolute Gasteiger partial charge is 0.00115 e. The van der Waals surface area contributed by atoms with Gasteiger partial charge in [0.05, 0.1) is 0 Å². The largest absolute Gasteiger partial charge is 0.319 e. The van der Waals surface area contributed by atoms with E-state index in [4.69, 9.17) is 0 Å². The first-order chi connectivity index (χ1) is 4.85. The fourth-order valence-corrected chi connectivity index (χ4v) is 0.807. The van der Waals surface area contributed by atoms with Crippen molar-refractivity contribution in [2.24, 2.45) is 0 Å². The third-order valence-electron chi connectivity index (χ3n) is 1.42. The Balaban J connectivity index is 3.62. The van der Waals surface area contributed by atoms with E-state index in [-0.39, 0.29) is 0 Å². The number of allylic oxidation sites excluding steroid dienone is 3. The molecule has 0 atom stereocenters. The average Bonchev–Trinajstić information content (AvgIpc) is 1.98. The second kappa shape index (κ2) is 6.56. The molecule has 1 nitrogen and oxygen atoms in total. The summed E-state index contributed by atoms with van der Waals surface area (Å²) in [6.45, 7) is 5.18. The van der Waals surface area contributed by atoms with Crippen molar-refractivity contribution in [1.29, 1.82) is 0 Å². The first-order valence-corrected chi connectivity index (χ1v) is 3.77. The maximum Gasteiger partial charge on any atom is -0.00115 e. The summed E-state index contributed by atoms with van der Waals surface area (Å²) in [5.41, 5.74) is 1.40. The highest BCUT2D eigenvalue weighted by atomic mass is 14.8. The molecule has 0 aromatic heterocycles. The van der Waals surface area contributed by atoms with Crippen molar-refractivity contribution in [3.05, 3.63) is 23.8 Å². The fraction of sp³-hybridized carbons (Fsp3) is 0.556. The van der Waals surface area contributed by atoms with E-state index in [1.807, 2.05) is 14.0 Å². The van der Waals surface area contributed by atoms with E-state index in [9.17, 15) is 0 Å². The molecule has 0 radical (unpaired) electrons. The van der Waals surface area contributed by atoms with Crippen LogP contribution < -0.4 is 5.32 Å². The zero-order valence-corrected chi connectivity index (χ0v) is 7.15. The minimum atomic E-state index is 1.06. The van der Waals surface area contributed by atoms with Crippen molar-refractivity contribution >= 4 is 0 Å². The maximum atomic E-state index is 3.12. The van der Waals surface area contributed by atoms with Crippen LogP contribution in [0.2, 0.25) is 0 Å². The lowest BCUT2D eigenvalue weighted by atomic mass is 10.1. The Bertz CT molecular complexity index is 123. The summed E-state index contributed by atoms with van der Waals surface area (Å²) in [7, 11) is 1.98. The Kier molecular flexibility index (Phi) is 6.19. The summed E-state index contributed by atoms with van der Waals surface area (Å²) in [6, 6.07) is 0. The van der Waals surface area contributed by atoms with Crippen molar-refractivity contribution in [1.82, 2.24) is 5.32 Å². The minimum Gasteiger partial charge on any atom is -0.319 e. The summed E-state index contributed by atoms with van der Waals surface area (Å²) in [5, 5.41) is 3.12. The number of hydrogen-bond acceptors (Lipinski definition) is 1. The van der Waals surface area contributed by atoms with E-state index in [0.717, 1.165) is 13.0 Å². The first-order valence-electron chi connectivity index (χ1n) is 3.77. The van der Waals surface area contributed by atoms with Crippen LogP contribution in [0.3, 0.4) is 0 Å². The molecule has 0 unspecified atom stereocenters. The van der Waals surface area contributed by atoms with Crippen molar-refractivity contribution in [2.75, 3.05) is 13.6 Å². The zero-order valence-electron chi connectivity index (χ0n) is 7.15. The first kappa shape index (κ1) is 9.44. The molecule has 10 heavy (non-hydrogen) atoms. The van der Waals surface area contributed by atoms with Crippen LogP contribution in [-0.4, -0.2) is 13.6 Å². The van der Waals surface area contributed by atoms with Gasteiger partial charge >= 0.3 is 0 Å². The van der Waals surface area contributed by atoms with E-state index in [1.165, 1.54) is 5.57 Å². The molecule has 0 spiro atoms. The molecule has 1 heteroatoms. The second-order valence-electron chi connectivity index (χ2n) is 2.22. The van der Waals surface area contributed by atoms with Gasteiger partial charge in [0, 0.05) is 0 Å². The highest BCUT2D eigenvalue weighted by Gasteiger charge is 1.87. The molecule has 0 aliphatic heterocycles. The lowest BCUT2D eigenvalue weighted by molar-refractivity contribution is 0.793. The van der Waals surface area contributed by atoms with Crippen molar-refractivity contribution in [3.8, 4) is 0 Å². The van der Waals surface area contributed by atoms with Crippen LogP contribution in [0.25, 0.3) is 0 Å². The maximum absolute atomic E-state index is 3.12. The van der Waals surface area contributed by atoms with Gasteiger partial charge in [0.15, 0.2) is 0 Å². The molecule has 0 bridgehead atoms. The summed E-state index contributed by atoms with van der Waals surface area (Å²) >= 11 is 0. The van der Waals surface area contributed by atoms with Crippen molar-refractivity contribution < 1.29 is 0 Å². The summed E-state index contributed by atoms with van der Waals surface area (Å²) in [5.74, 6) is 0. The number of nitrogens with one attached hydrogen (secondary N) is 1. The van der Waals surface area contributed by atoms with Crippen LogP contribution in [0.1, 0.15) is 20.3 Å². The molecule has 0 amide bonds. The lowest BCUT2D eigenvalue weighted by Gasteiger charge is -1.98. The molecule has 0 aliphatic rings. The predicted octanol–water partition coefficient (Wildman–Crippen LogP) is 2.12. The molecule has 1 N–H and O–H groups in total. The van der Waals surface area contributed by atoms with Crippen LogP contribution in [0.5, 0.6) is 0 Å². The van der Waals surface area contributed by atoms with Crippen LogP contribution in [0.4, 0.5) is 0 Å². The molecule has 0 saturated carbocycles. The van der Waals surface area contributed by atoms with E-state index in [1.54, 1.807) is 0 Å². The Morgan fingerprint density at radius 3 is 2.50 bits per heavy atom. The summed E-state index contributed by atoms with van der Waals surface area (Å²) in [4.78, 5) is 0. The molecule has 0 aliphatic carbocycles. The van der Waals surface area contributed by atoms with Gasteiger partial charge in [-0.1, -0.05) is 23.8 Å². The second-order valence-corrected chi connectivity index (χ2v) is 2.22. The van der Waals surface area contributed by atoms with E-state index < -0.39 is 0 Å². The lowest BCUT2D eigenvalue weighted by Crippen LogP contribution is -2.07. The Hall–Kier alpha value is -0.560. The molecule has 0 heterocycles. The Labute approximate surface area is 63.8 Å². The van der Waals surface area contributed by atoms with E-state index in [0.29, 0.717) is 0 Å². The van der Waals surface area contributed by atoms with E-state index >= 15 is 0 Å². The van der Waals surface area contributed by atoms with Gasteiger partial charge in [-0.3, -0.25) is 0 Å². The van der Waals surface area contributed by atoms with Crippen molar-refractivity contribution in [2.45, 2.75) is 20.3 Å². The molecular formula is C9H17N. The van der Waals surface area contributed by atoms with Crippen molar-refractivity contribution in [3.63, 3.8) is 0 Å². The minimum absolute atomic E-state index is 1.06. The summed E-state index contributed by atoms with van der Waals surface area (Å²) in [6.07, 6.45) is 7.50. The highest BCUT2D eigenvalue weighted by Crippen LogP contribution is 2.00. The molecule has 0 aromatic carbocycles. The zero-order chi connectivity index (χ0) is 7.82. The average molecular weight is 139 g/mol. The fourth-order valence-electron chi connectivity index (χ4n) is 0.807. The molecule has 0 aromatic rings. The van der Waals surface area contributed by atoms with Crippen LogP contribution in [0, 0.1) is 0 Å². The monoisotopic (exact) mass is 139 g/mol. The van der Waals surface area contributed by atoms with Gasteiger partial charge < -0.3 is 5.32 Å². The standard InChI is InChI=1S/C9H17N/c1-4-6-9(5-2)7-8-10-3/h4-6,10H,7-8H2,1-3H3/b6-4-,9-5+. The quantitative estimate of drug-likeness (QED) is 0.588. The Morgan fingerprint density at radius 1 is 1.40 bits per heavy atom. The molecule has 0 saturated heterocycles. The topological polar surface area (TPSA) is 12.0 Å². The van der Waals surface area contributed by atoms with Gasteiger partial charge in [-0.2, -0.15) is 0 Å². The van der Waals surface area contributed by atoms with Gasteiger partial charge in [-0.15, -0.1) is 0 Å². The molecule has 58 valence electrons. The van der Waals surface area contributed by atoms with Gasteiger partial charge in [-0.25, -0.2) is 0 Å². The Morgan fingerprint density at radius 2 is 2.10 bits per heavy atom. The number of rotatable bonds is 4. The highest BCUT2D eigenvalue weighted by molar-refractivity contribution is 5.17. The number of hydrogen-bond donors (Lipinski definition) is 1. The van der Waals surface area contributed by atoms with Crippen LogP contribution in [-0.2, 0) is 0 Å². The normalized spacial score (nSPS) is 12.9. The van der Waals surface area contributed by atoms with Crippen LogP contribution >= 0.6 is 0 Å². The van der Waals surface area contributed by atoms with Gasteiger partial charge in [0.25, 0.3) is 0 Å². The summed E-state index contributed by atoms with van der Waals surface area (Å²) < 4.78 is 0. The van der Waals surface area contributed by atoms with E-state index in [2.05, 4.69) is 30.5 Å².